The van der Waals surface area contributed by atoms with Crippen LogP contribution >= 0.6 is 11.8 Å². The molecule has 69 heavy (non-hydrogen) atoms. The Morgan fingerprint density at radius 3 is 2.12 bits per heavy atom. The molecular weight excluding hydrogens is 967 g/mol. The topological polar surface area (TPSA) is 156 Å². The molecule has 0 radical (unpaired) electrons. The summed E-state index contributed by atoms with van der Waals surface area (Å²) in [5.41, 5.74) is -4.70. The number of thioether (sulfide) groups is 1. The highest BCUT2D eigenvalue weighted by molar-refractivity contribution is 7.99. The quantitative estimate of drug-likeness (QED) is 0.0490. The predicted molar refractivity (Wildman–Crippen MR) is 253 cm³/mol. The van der Waals surface area contributed by atoms with E-state index in [1.54, 1.807) is 36.4 Å². The second kappa shape index (κ2) is 21.9. The summed E-state index contributed by atoms with van der Waals surface area (Å²) in [6.07, 6.45) is -1.51. The number of aliphatic hydroxyl groups is 2. The van der Waals surface area contributed by atoms with Crippen LogP contribution in [-0.2, 0) is 26.0 Å². The summed E-state index contributed by atoms with van der Waals surface area (Å²) in [5, 5.41) is 24.0. The number of carbonyl (C=O) groups excluding carboxylic acids is 1. The molecule has 5 aromatic carbocycles. The number of β-amino-alcohol motifs (C(OH)–C–C–N with tert-alkyl or cyclic N) is 1. The van der Waals surface area contributed by atoms with E-state index in [1.807, 2.05) is 40.0 Å². The van der Waals surface area contributed by atoms with Crippen molar-refractivity contribution in [3.05, 3.63) is 138 Å². The number of amides is 1. The van der Waals surface area contributed by atoms with Crippen LogP contribution in [0.1, 0.15) is 66.1 Å². The van der Waals surface area contributed by atoms with Gasteiger partial charge in [-0.25, -0.2) is 21.6 Å². The van der Waals surface area contributed by atoms with Gasteiger partial charge in [-0.2, -0.15) is 26.3 Å². The van der Waals surface area contributed by atoms with Crippen LogP contribution in [0.4, 0.5) is 37.7 Å². The van der Waals surface area contributed by atoms with Gasteiger partial charge in [-0.15, -0.1) is 11.8 Å². The average Bonchev–Trinajstić information content (AvgIpc) is 3.78. The first kappa shape index (κ1) is 51.7. The van der Waals surface area contributed by atoms with Crippen LogP contribution in [0.15, 0.2) is 136 Å². The lowest BCUT2D eigenvalue weighted by Crippen LogP contribution is -2.36. The Balaban J connectivity index is 1.02. The molecule has 0 unspecified atom stereocenters. The van der Waals surface area contributed by atoms with Crippen LogP contribution in [0.3, 0.4) is 0 Å². The Morgan fingerprint density at radius 2 is 1.46 bits per heavy atom. The third-order valence-corrected chi connectivity index (χ3v) is 16.7. The number of hydrogen-bond acceptors (Lipinski definition) is 11. The maximum atomic E-state index is 14.2. The first-order valence-corrected chi connectivity index (χ1v) is 26.3. The van der Waals surface area contributed by atoms with Crippen LogP contribution < -0.4 is 14.9 Å². The lowest BCUT2D eigenvalue weighted by Gasteiger charge is -2.36. The Labute approximate surface area is 401 Å². The molecule has 0 saturated carbocycles. The Bertz CT molecular complexity index is 2760. The first-order chi connectivity index (χ1) is 32.7. The molecule has 0 spiro atoms. The molecule has 4 N–H and O–H groups in total. The van der Waals surface area contributed by atoms with E-state index in [4.69, 9.17) is 0 Å². The second-order valence-electron chi connectivity index (χ2n) is 17.1. The predicted octanol–water partition coefficient (Wildman–Crippen LogP) is 9.54. The molecule has 0 aromatic heterocycles. The van der Waals surface area contributed by atoms with Gasteiger partial charge in [0.2, 0.25) is 0 Å². The van der Waals surface area contributed by atoms with Crippen molar-refractivity contribution < 1.29 is 58.2 Å². The van der Waals surface area contributed by atoms with Gasteiger partial charge in [0.15, 0.2) is 0 Å². The van der Waals surface area contributed by atoms with E-state index in [9.17, 15) is 58.2 Å². The molecule has 370 valence electrons. The monoisotopic (exact) mass is 1020 g/mol. The number of nitrogens with one attached hydrogen (secondary N) is 2. The van der Waals surface area contributed by atoms with Crippen LogP contribution in [0.5, 0.6) is 0 Å². The molecule has 2 saturated heterocycles. The third kappa shape index (κ3) is 12.6. The summed E-state index contributed by atoms with van der Waals surface area (Å²) >= 11 is 1.42. The van der Waals surface area contributed by atoms with E-state index in [-0.39, 0.29) is 24.1 Å². The number of anilines is 2. The Morgan fingerprint density at radius 1 is 0.797 bits per heavy atom. The van der Waals surface area contributed by atoms with E-state index in [0.717, 1.165) is 48.5 Å². The van der Waals surface area contributed by atoms with Crippen LogP contribution in [0.2, 0.25) is 0 Å². The van der Waals surface area contributed by atoms with Crippen molar-refractivity contribution in [2.45, 2.75) is 83.1 Å². The fraction of sp³-hybridized carbons (Fsp3) is 0.367. The highest BCUT2D eigenvalue weighted by atomic mass is 32.2. The minimum absolute atomic E-state index is 0.0301. The largest absolute Gasteiger partial charge is 0.501 e. The molecule has 2 aliphatic rings. The van der Waals surface area contributed by atoms with Crippen LogP contribution in [0.25, 0.3) is 11.1 Å². The van der Waals surface area contributed by atoms with Crippen molar-refractivity contribution in [2.24, 2.45) is 5.92 Å². The standard InChI is InChI=1S/C49H52F6N4O7S3/c50-48(51,52)36-16-12-33(13-17-36)42-10-4-5-11-43(42)46(61)34-24-27-59(28-25-34)39-19-14-35(15-20-39)47(62)57-69(65,66)41-22-23-44(45(31-41)68(63,64)49(53,54)55)56-37(32-67-40-8-2-1-3-9-40)18-21-38-7-6-26-58(38)29-30-60/h1-5,8-17,19-20,22-23,31,34,37-38,46,56,60-61H,6-7,18,21,24-30,32H2,(H,57,62)/t37-,38+,46-/m1/s1. The zero-order valence-electron chi connectivity index (χ0n) is 37.2. The van der Waals surface area contributed by atoms with Crippen molar-refractivity contribution in [1.29, 1.82) is 0 Å². The smallest absolute Gasteiger partial charge is 0.395 e. The van der Waals surface area contributed by atoms with Gasteiger partial charge in [0.25, 0.3) is 25.8 Å². The van der Waals surface area contributed by atoms with Gasteiger partial charge in [-0.05, 0) is 134 Å². The molecule has 20 heteroatoms. The number of hydrogen-bond donors (Lipinski definition) is 4. The van der Waals surface area contributed by atoms with Crippen LogP contribution in [-0.4, -0.2) is 94.0 Å². The SMILES string of the molecule is O=C(NS(=O)(=O)c1ccc(N[C@H](CC[C@@H]2CCCN2CCO)CSc2ccccc2)c(S(=O)(=O)C(F)(F)F)c1)c1ccc(N2CCC([C@@H](O)c3ccccc3-c3ccc(C(F)(F)F)cc3)CC2)cc1. The van der Waals surface area contributed by atoms with Gasteiger partial charge < -0.3 is 20.4 Å². The van der Waals surface area contributed by atoms with E-state index in [0.29, 0.717) is 79.5 Å². The highest BCUT2D eigenvalue weighted by Crippen LogP contribution is 2.40. The summed E-state index contributed by atoms with van der Waals surface area (Å²) < 4.78 is 137. The molecule has 1 amide bonds. The Kier molecular flexibility index (Phi) is 16.4. The number of carbonyl (C=O) groups is 1. The number of likely N-dealkylation sites (tertiary alicyclic amines) is 1. The molecule has 0 bridgehead atoms. The summed E-state index contributed by atoms with van der Waals surface area (Å²) in [4.78, 5) is 16.2. The molecule has 5 aromatic rings. The number of halogens is 6. The van der Waals surface area contributed by atoms with Gasteiger partial charge in [0, 0.05) is 53.6 Å². The molecule has 2 fully saturated rings. The van der Waals surface area contributed by atoms with Crippen molar-refractivity contribution >= 4 is 48.9 Å². The lowest BCUT2D eigenvalue weighted by atomic mass is 9.84. The first-order valence-electron chi connectivity index (χ1n) is 22.4. The van der Waals surface area contributed by atoms with E-state index in [1.165, 1.54) is 36.0 Å². The normalized spacial score (nSPS) is 17.4. The van der Waals surface area contributed by atoms with E-state index in [2.05, 4.69) is 10.2 Å². The average molecular weight is 1020 g/mol. The second-order valence-corrected chi connectivity index (χ2v) is 21.8. The molecule has 2 aliphatic heterocycles. The van der Waals surface area contributed by atoms with Crippen molar-refractivity contribution in [3.63, 3.8) is 0 Å². The number of rotatable bonds is 18. The van der Waals surface area contributed by atoms with E-state index >= 15 is 0 Å². The number of sulfonamides is 1. The van der Waals surface area contributed by atoms with E-state index < -0.39 is 70.6 Å². The molecule has 7 rings (SSSR count). The van der Waals surface area contributed by atoms with Crippen LogP contribution in [0, 0.1) is 5.92 Å². The van der Waals surface area contributed by atoms with Gasteiger partial charge in [-0.1, -0.05) is 54.6 Å². The minimum atomic E-state index is -6.12. The molecule has 3 atom stereocenters. The minimum Gasteiger partial charge on any atom is -0.395 e. The number of piperidine rings is 1. The molecule has 2 heterocycles. The summed E-state index contributed by atoms with van der Waals surface area (Å²) in [7, 11) is -11.0. The van der Waals surface area contributed by atoms with Crippen molar-refractivity contribution in [2.75, 3.05) is 48.8 Å². The zero-order chi connectivity index (χ0) is 49.6. The van der Waals surface area contributed by atoms with Crippen molar-refractivity contribution in [3.8, 4) is 11.1 Å². The summed E-state index contributed by atoms with van der Waals surface area (Å²) in [6.45, 7) is 2.22. The highest BCUT2D eigenvalue weighted by Gasteiger charge is 2.48. The summed E-state index contributed by atoms with van der Waals surface area (Å²) in [5.74, 6) is -0.975. The van der Waals surface area contributed by atoms with Gasteiger partial charge in [0.1, 0.15) is 4.90 Å². The third-order valence-electron chi connectivity index (χ3n) is 12.7. The van der Waals surface area contributed by atoms with Crippen molar-refractivity contribution in [1.82, 2.24) is 9.62 Å². The maximum Gasteiger partial charge on any atom is 0.501 e. The van der Waals surface area contributed by atoms with Gasteiger partial charge in [-0.3, -0.25) is 9.69 Å². The fourth-order valence-corrected chi connectivity index (χ4v) is 12.0. The molecular formula is C49H52F6N4O7S3. The number of aliphatic hydroxyl groups excluding tert-OH is 2. The number of benzene rings is 5. The Hall–Kier alpha value is -5.12. The maximum absolute atomic E-state index is 14.2. The molecule has 0 aliphatic carbocycles. The lowest BCUT2D eigenvalue weighted by molar-refractivity contribution is -0.137. The zero-order valence-corrected chi connectivity index (χ0v) is 39.6. The number of nitrogens with zero attached hydrogens (tertiary/aromatic N) is 2. The fourth-order valence-electron chi connectivity index (χ4n) is 8.95. The number of sulfone groups is 1. The van der Waals surface area contributed by atoms with Gasteiger partial charge >= 0.3 is 11.7 Å². The van der Waals surface area contributed by atoms with Gasteiger partial charge in [0.05, 0.1) is 28.9 Å². The number of alkyl halides is 6. The molecule has 11 nitrogen and oxygen atoms in total. The summed E-state index contributed by atoms with van der Waals surface area (Å²) in [6, 6.07) is 28.8.